The number of benzene rings is 2. The third kappa shape index (κ3) is 5.98. The van der Waals surface area contributed by atoms with Crippen LogP contribution in [0, 0.1) is 0 Å². The summed E-state index contributed by atoms with van der Waals surface area (Å²) in [6, 6.07) is 16.4. The molecule has 1 aliphatic heterocycles. The van der Waals surface area contributed by atoms with E-state index < -0.39 is 17.2 Å². The number of piperidine rings is 1. The Morgan fingerprint density at radius 1 is 1.13 bits per heavy atom. The Morgan fingerprint density at radius 2 is 1.87 bits per heavy atom. The minimum Gasteiger partial charge on any atom is -0.490 e. The summed E-state index contributed by atoms with van der Waals surface area (Å²) >= 11 is 6.67. The van der Waals surface area contributed by atoms with Crippen molar-refractivity contribution >= 4 is 28.8 Å². The van der Waals surface area contributed by atoms with Crippen molar-refractivity contribution in [3.63, 3.8) is 0 Å². The fraction of sp³-hybridized carbons (Fsp3) is 0.310. The standard InChI is InChI=1S/C29H28ClF3N4O2/c1-2-19-17-21(36-15-12-23(13-16-36)39-22-9-6-20(7-10-22)29(31,32)33)8-11-24(19)27(30)35-28(38)25-18-34-26-5-3-4-14-37(25)26/h3-11,14,17-18,23,27H,2,12-13,15-16H2,1H3,(H,35,38). The Kier molecular flexibility index (Phi) is 7.70. The van der Waals surface area contributed by atoms with E-state index in [1.807, 2.05) is 37.3 Å². The molecular formula is C29H28ClF3N4O2. The van der Waals surface area contributed by atoms with Gasteiger partial charge in [0, 0.05) is 37.8 Å². The van der Waals surface area contributed by atoms with Gasteiger partial charge in [0.2, 0.25) is 0 Å². The summed E-state index contributed by atoms with van der Waals surface area (Å²) in [7, 11) is 0. The first-order valence-electron chi connectivity index (χ1n) is 12.8. The molecule has 1 atom stereocenters. The van der Waals surface area contributed by atoms with Crippen LogP contribution in [0.25, 0.3) is 5.65 Å². The topological polar surface area (TPSA) is 58.9 Å². The molecule has 1 fully saturated rings. The van der Waals surface area contributed by atoms with Gasteiger partial charge in [0.15, 0.2) is 0 Å². The number of aromatic nitrogens is 2. The summed E-state index contributed by atoms with van der Waals surface area (Å²) < 4.78 is 46.0. The van der Waals surface area contributed by atoms with E-state index in [1.54, 1.807) is 10.6 Å². The number of imidazole rings is 1. The fourth-order valence-corrected chi connectivity index (χ4v) is 5.17. The van der Waals surface area contributed by atoms with Gasteiger partial charge in [-0.3, -0.25) is 9.20 Å². The van der Waals surface area contributed by atoms with Crippen molar-refractivity contribution < 1.29 is 22.7 Å². The molecule has 1 N–H and O–H groups in total. The zero-order valence-electron chi connectivity index (χ0n) is 21.3. The van der Waals surface area contributed by atoms with Gasteiger partial charge in [0.1, 0.15) is 28.7 Å². The normalized spacial score (nSPS) is 15.4. The van der Waals surface area contributed by atoms with Crippen molar-refractivity contribution in [2.45, 2.75) is 44.0 Å². The lowest BCUT2D eigenvalue weighted by Crippen LogP contribution is -2.38. The molecule has 0 aliphatic carbocycles. The van der Waals surface area contributed by atoms with E-state index in [4.69, 9.17) is 16.3 Å². The van der Waals surface area contributed by atoms with Gasteiger partial charge >= 0.3 is 6.18 Å². The van der Waals surface area contributed by atoms with Crippen LogP contribution in [0.1, 0.15) is 52.4 Å². The molecule has 6 nitrogen and oxygen atoms in total. The van der Waals surface area contributed by atoms with Gasteiger partial charge in [-0.15, -0.1) is 0 Å². The molecule has 2 aromatic heterocycles. The van der Waals surface area contributed by atoms with Gasteiger partial charge in [0.05, 0.1) is 11.8 Å². The van der Waals surface area contributed by atoms with Crippen LogP contribution in [0.3, 0.4) is 0 Å². The number of amides is 1. The number of pyridine rings is 1. The number of hydrogen-bond donors (Lipinski definition) is 1. The van der Waals surface area contributed by atoms with Crippen LogP contribution in [-0.2, 0) is 12.6 Å². The number of rotatable bonds is 7. The van der Waals surface area contributed by atoms with E-state index in [0.717, 1.165) is 61.3 Å². The predicted molar refractivity (Wildman–Crippen MR) is 144 cm³/mol. The number of hydrogen-bond acceptors (Lipinski definition) is 4. The summed E-state index contributed by atoms with van der Waals surface area (Å²) in [5.41, 5.74) is 2.63. The maximum absolute atomic E-state index is 12.9. The molecular weight excluding hydrogens is 529 g/mol. The van der Waals surface area contributed by atoms with Crippen LogP contribution in [-0.4, -0.2) is 34.5 Å². The first-order chi connectivity index (χ1) is 18.7. The van der Waals surface area contributed by atoms with Gasteiger partial charge in [0.25, 0.3) is 5.91 Å². The maximum Gasteiger partial charge on any atom is 0.416 e. The molecule has 1 aliphatic rings. The molecule has 3 heterocycles. The molecule has 39 heavy (non-hydrogen) atoms. The number of carbonyl (C=O) groups is 1. The number of fused-ring (bicyclic) bond motifs is 1. The first-order valence-corrected chi connectivity index (χ1v) is 13.3. The van der Waals surface area contributed by atoms with E-state index >= 15 is 0 Å². The van der Waals surface area contributed by atoms with Crippen molar-refractivity contribution in [2.75, 3.05) is 18.0 Å². The summed E-state index contributed by atoms with van der Waals surface area (Å²) in [5.74, 6) is 0.133. The van der Waals surface area contributed by atoms with Gasteiger partial charge in [-0.25, -0.2) is 4.98 Å². The van der Waals surface area contributed by atoms with Crippen molar-refractivity contribution in [2.24, 2.45) is 0 Å². The third-order valence-electron chi connectivity index (χ3n) is 6.98. The number of ether oxygens (including phenoxy) is 1. The highest BCUT2D eigenvalue weighted by molar-refractivity contribution is 6.22. The summed E-state index contributed by atoms with van der Waals surface area (Å²) in [6.07, 6.45) is 1.12. The quantitative estimate of drug-likeness (QED) is 0.205. The minimum atomic E-state index is -4.36. The summed E-state index contributed by atoms with van der Waals surface area (Å²) in [4.78, 5) is 19.4. The Bertz CT molecular complexity index is 1450. The molecule has 1 unspecified atom stereocenters. The lowest BCUT2D eigenvalue weighted by Gasteiger charge is -2.34. The van der Waals surface area contributed by atoms with Crippen molar-refractivity contribution in [3.05, 3.63) is 95.4 Å². The fourth-order valence-electron chi connectivity index (χ4n) is 4.86. The second-order valence-electron chi connectivity index (χ2n) is 9.47. The van der Waals surface area contributed by atoms with Gasteiger partial charge in [-0.2, -0.15) is 13.2 Å². The average molecular weight is 557 g/mol. The monoisotopic (exact) mass is 556 g/mol. The van der Waals surface area contributed by atoms with E-state index in [1.165, 1.54) is 18.3 Å². The predicted octanol–water partition coefficient (Wildman–Crippen LogP) is 6.63. The second kappa shape index (κ2) is 11.2. The van der Waals surface area contributed by atoms with Crippen LogP contribution in [0.2, 0.25) is 0 Å². The van der Waals surface area contributed by atoms with Crippen molar-refractivity contribution in [1.82, 2.24) is 14.7 Å². The Hall–Kier alpha value is -3.72. The lowest BCUT2D eigenvalue weighted by molar-refractivity contribution is -0.137. The Morgan fingerprint density at radius 3 is 2.56 bits per heavy atom. The van der Waals surface area contributed by atoms with Crippen LogP contribution in [0.4, 0.5) is 18.9 Å². The van der Waals surface area contributed by atoms with Crippen LogP contribution < -0.4 is 15.0 Å². The molecule has 4 aromatic rings. The highest BCUT2D eigenvalue weighted by atomic mass is 35.5. The van der Waals surface area contributed by atoms with Crippen molar-refractivity contribution in [1.29, 1.82) is 0 Å². The number of alkyl halides is 4. The molecule has 1 amide bonds. The van der Waals surface area contributed by atoms with E-state index in [0.29, 0.717) is 17.1 Å². The number of nitrogens with zero attached hydrogens (tertiary/aromatic N) is 3. The van der Waals surface area contributed by atoms with Gasteiger partial charge in [-0.1, -0.05) is 30.7 Å². The number of halogens is 4. The number of nitrogens with one attached hydrogen (secondary N) is 1. The molecule has 204 valence electrons. The molecule has 1 saturated heterocycles. The molecule has 0 spiro atoms. The zero-order chi connectivity index (χ0) is 27.6. The van der Waals surface area contributed by atoms with Crippen molar-refractivity contribution in [3.8, 4) is 5.75 Å². The maximum atomic E-state index is 12.9. The molecule has 0 saturated carbocycles. The molecule has 10 heteroatoms. The Labute approximate surface area is 229 Å². The minimum absolute atomic E-state index is 0.0648. The van der Waals surface area contributed by atoms with Crippen LogP contribution >= 0.6 is 11.6 Å². The highest BCUT2D eigenvalue weighted by Gasteiger charge is 2.30. The summed E-state index contributed by atoms with van der Waals surface area (Å²) in [6.45, 7) is 3.55. The van der Waals surface area contributed by atoms with E-state index in [-0.39, 0.29) is 12.0 Å². The number of aryl methyl sites for hydroxylation is 1. The molecule has 0 bridgehead atoms. The van der Waals surface area contributed by atoms with E-state index in [2.05, 4.69) is 21.3 Å². The van der Waals surface area contributed by atoms with E-state index in [9.17, 15) is 18.0 Å². The molecule has 0 radical (unpaired) electrons. The van der Waals surface area contributed by atoms with Gasteiger partial charge < -0.3 is 15.0 Å². The Balaban J connectivity index is 1.20. The first kappa shape index (κ1) is 26.9. The zero-order valence-corrected chi connectivity index (χ0v) is 22.0. The summed E-state index contributed by atoms with van der Waals surface area (Å²) in [5, 5.41) is 2.88. The molecule has 5 rings (SSSR count). The van der Waals surface area contributed by atoms with Crippen LogP contribution in [0.15, 0.2) is 73.1 Å². The average Bonchev–Trinajstić information content (AvgIpc) is 3.37. The second-order valence-corrected chi connectivity index (χ2v) is 9.91. The van der Waals surface area contributed by atoms with Crippen LogP contribution in [0.5, 0.6) is 5.75 Å². The molecule has 2 aromatic carbocycles. The highest BCUT2D eigenvalue weighted by Crippen LogP contribution is 2.32. The smallest absolute Gasteiger partial charge is 0.416 e. The third-order valence-corrected chi connectivity index (χ3v) is 7.32. The number of anilines is 1. The SMILES string of the molecule is CCc1cc(N2CCC(Oc3ccc(C(F)(F)F)cc3)CC2)ccc1C(Cl)NC(=O)c1cnc2ccccn12. The number of carbonyl (C=O) groups excluding carboxylic acids is 1. The largest absolute Gasteiger partial charge is 0.490 e. The van der Waals surface area contributed by atoms with Gasteiger partial charge in [-0.05, 0) is 66.1 Å². The lowest BCUT2D eigenvalue weighted by atomic mass is 10.0.